The molecule has 0 amide bonds. The molecule has 0 unspecified atom stereocenters. The van der Waals surface area contributed by atoms with Crippen molar-refractivity contribution < 1.29 is 4.74 Å². The van der Waals surface area contributed by atoms with Crippen LogP contribution in [0, 0.1) is 0 Å². The number of hydrogen-bond donors (Lipinski definition) is 1. The fourth-order valence-electron chi connectivity index (χ4n) is 1.96. The number of benzene rings is 1. The van der Waals surface area contributed by atoms with Crippen LogP contribution in [0.4, 0.5) is 5.69 Å². The molecular weight excluding hydrogens is 266 g/mol. The van der Waals surface area contributed by atoms with Gasteiger partial charge in [0.2, 0.25) is 5.88 Å². The number of aromatic nitrogens is 4. The highest BCUT2D eigenvalue weighted by atomic mass is 16.5. The summed E-state index contributed by atoms with van der Waals surface area (Å²) in [6, 6.07) is 13.1. The number of ether oxygens (including phenoxy) is 1. The van der Waals surface area contributed by atoms with E-state index in [1.165, 1.54) is 0 Å². The van der Waals surface area contributed by atoms with Gasteiger partial charge in [-0.2, -0.15) is 5.10 Å². The lowest BCUT2D eigenvalue weighted by Gasteiger charge is -2.03. The highest BCUT2D eigenvalue weighted by molar-refractivity contribution is 5.57. The van der Waals surface area contributed by atoms with Crippen molar-refractivity contribution >= 4 is 5.69 Å². The number of nitrogen functional groups attached to an aromatic ring is 1. The smallest absolute Gasteiger partial charge is 0.213 e. The monoisotopic (exact) mass is 281 g/mol. The van der Waals surface area contributed by atoms with Gasteiger partial charge < -0.3 is 10.5 Å². The molecule has 0 atom stereocenters. The van der Waals surface area contributed by atoms with Crippen molar-refractivity contribution in [1.29, 1.82) is 0 Å². The summed E-state index contributed by atoms with van der Waals surface area (Å²) in [6.07, 6.45) is 1.69. The Bertz CT molecular complexity index is 736. The van der Waals surface area contributed by atoms with Gasteiger partial charge in [-0.05, 0) is 30.3 Å². The first-order valence-corrected chi connectivity index (χ1v) is 6.50. The Morgan fingerprint density at radius 2 is 1.95 bits per heavy atom. The maximum absolute atomic E-state index is 5.67. The molecule has 6 heteroatoms. The molecule has 0 aliphatic rings. The maximum atomic E-state index is 5.67. The summed E-state index contributed by atoms with van der Waals surface area (Å²) in [5.41, 5.74) is 8.19. The largest absolute Gasteiger partial charge is 0.481 e. The van der Waals surface area contributed by atoms with E-state index >= 15 is 0 Å². The molecule has 106 valence electrons. The average Bonchev–Trinajstić information content (AvgIpc) is 2.96. The Morgan fingerprint density at radius 3 is 2.71 bits per heavy atom. The Balaban J connectivity index is 1.80. The highest BCUT2D eigenvalue weighted by Crippen LogP contribution is 2.16. The van der Waals surface area contributed by atoms with Crippen molar-refractivity contribution in [2.45, 2.75) is 6.54 Å². The first-order valence-electron chi connectivity index (χ1n) is 6.50. The zero-order chi connectivity index (χ0) is 14.7. The van der Waals surface area contributed by atoms with E-state index in [4.69, 9.17) is 10.5 Å². The van der Waals surface area contributed by atoms with Gasteiger partial charge >= 0.3 is 0 Å². The Hall–Kier alpha value is -2.89. The number of methoxy groups -OCH3 is 1. The van der Waals surface area contributed by atoms with E-state index in [2.05, 4.69) is 15.1 Å². The minimum absolute atomic E-state index is 0.541. The number of rotatable bonds is 4. The summed E-state index contributed by atoms with van der Waals surface area (Å²) in [7, 11) is 1.60. The second kappa shape index (κ2) is 5.62. The van der Waals surface area contributed by atoms with Crippen LogP contribution in [-0.2, 0) is 6.54 Å². The molecule has 0 saturated carbocycles. The summed E-state index contributed by atoms with van der Waals surface area (Å²) >= 11 is 0. The summed E-state index contributed by atoms with van der Waals surface area (Å²) in [5.74, 6) is 1.25. The van der Waals surface area contributed by atoms with Crippen LogP contribution in [-0.4, -0.2) is 26.9 Å². The molecule has 2 aromatic heterocycles. The predicted octanol–water partition coefficient (Wildman–Crippen LogP) is 1.98. The SMILES string of the molecule is COc1cccc(Cn2cnc(-c3ccc(N)cc3)n2)n1. The predicted molar refractivity (Wildman–Crippen MR) is 79.8 cm³/mol. The first kappa shape index (κ1) is 13.1. The van der Waals surface area contributed by atoms with E-state index in [9.17, 15) is 0 Å². The summed E-state index contributed by atoms with van der Waals surface area (Å²) in [6.45, 7) is 0.541. The van der Waals surface area contributed by atoms with E-state index in [0.29, 0.717) is 18.2 Å². The fraction of sp³-hybridized carbons (Fsp3) is 0.133. The molecule has 2 N–H and O–H groups in total. The molecule has 0 bridgehead atoms. The van der Waals surface area contributed by atoms with Crippen LogP contribution in [0.1, 0.15) is 5.69 Å². The third-order valence-electron chi connectivity index (χ3n) is 3.02. The molecule has 6 nitrogen and oxygen atoms in total. The second-order valence-electron chi connectivity index (χ2n) is 4.56. The van der Waals surface area contributed by atoms with Crippen LogP contribution in [0.25, 0.3) is 11.4 Å². The van der Waals surface area contributed by atoms with Crippen LogP contribution in [0.3, 0.4) is 0 Å². The molecule has 0 aliphatic heterocycles. The highest BCUT2D eigenvalue weighted by Gasteiger charge is 2.05. The topological polar surface area (TPSA) is 78.9 Å². The maximum Gasteiger partial charge on any atom is 0.213 e. The minimum atomic E-state index is 0.541. The lowest BCUT2D eigenvalue weighted by molar-refractivity contribution is 0.395. The van der Waals surface area contributed by atoms with Crippen molar-refractivity contribution in [2.75, 3.05) is 12.8 Å². The molecule has 21 heavy (non-hydrogen) atoms. The van der Waals surface area contributed by atoms with Crippen molar-refractivity contribution in [2.24, 2.45) is 0 Å². The van der Waals surface area contributed by atoms with Crippen LogP contribution in [0.5, 0.6) is 5.88 Å². The third-order valence-corrected chi connectivity index (χ3v) is 3.02. The molecule has 0 saturated heterocycles. The van der Waals surface area contributed by atoms with Crippen LogP contribution in [0.15, 0.2) is 48.8 Å². The lowest BCUT2D eigenvalue weighted by Crippen LogP contribution is -2.03. The van der Waals surface area contributed by atoms with Gasteiger partial charge in [-0.1, -0.05) is 6.07 Å². The quantitative estimate of drug-likeness (QED) is 0.740. The molecule has 3 aromatic rings. The number of anilines is 1. The summed E-state index contributed by atoms with van der Waals surface area (Å²) < 4.78 is 6.85. The molecule has 3 rings (SSSR count). The first-order chi connectivity index (χ1) is 10.2. The number of nitrogens with two attached hydrogens (primary N) is 1. The van der Waals surface area contributed by atoms with Gasteiger partial charge in [0.15, 0.2) is 5.82 Å². The summed E-state index contributed by atoms with van der Waals surface area (Å²) in [4.78, 5) is 8.66. The molecule has 1 aromatic carbocycles. The van der Waals surface area contributed by atoms with Crippen molar-refractivity contribution in [3.63, 3.8) is 0 Å². The standard InChI is InChI=1S/C15H15N5O/c1-21-14-4-2-3-13(18-14)9-20-10-17-15(19-20)11-5-7-12(16)8-6-11/h2-8,10H,9,16H2,1H3. The van der Waals surface area contributed by atoms with Crippen LogP contribution >= 0.6 is 0 Å². The Kier molecular flexibility index (Phi) is 3.51. The molecule has 0 radical (unpaired) electrons. The van der Waals surface area contributed by atoms with Crippen molar-refractivity contribution in [3.05, 3.63) is 54.5 Å². The molecule has 0 fully saturated rings. The third kappa shape index (κ3) is 3.00. The van der Waals surface area contributed by atoms with Crippen LogP contribution in [0.2, 0.25) is 0 Å². The number of pyridine rings is 1. The number of nitrogens with zero attached hydrogens (tertiary/aromatic N) is 4. The zero-order valence-corrected chi connectivity index (χ0v) is 11.6. The zero-order valence-electron chi connectivity index (χ0n) is 11.6. The Labute approximate surface area is 122 Å². The van der Waals surface area contributed by atoms with Crippen molar-refractivity contribution in [3.8, 4) is 17.3 Å². The van der Waals surface area contributed by atoms with Gasteiger partial charge in [-0.3, -0.25) is 0 Å². The van der Waals surface area contributed by atoms with Crippen LogP contribution < -0.4 is 10.5 Å². The van der Waals surface area contributed by atoms with Gasteiger partial charge in [-0.25, -0.2) is 14.6 Å². The molecule has 0 aliphatic carbocycles. The molecular formula is C15H15N5O. The van der Waals surface area contributed by atoms with Gasteiger partial charge in [0.25, 0.3) is 0 Å². The van der Waals surface area contributed by atoms with E-state index in [1.807, 2.05) is 42.5 Å². The summed E-state index contributed by atoms with van der Waals surface area (Å²) in [5, 5.41) is 4.44. The van der Waals surface area contributed by atoms with E-state index < -0.39 is 0 Å². The lowest BCUT2D eigenvalue weighted by atomic mass is 10.2. The van der Waals surface area contributed by atoms with E-state index in [0.717, 1.165) is 16.9 Å². The van der Waals surface area contributed by atoms with Gasteiger partial charge in [0.1, 0.15) is 6.33 Å². The fourth-order valence-corrected chi connectivity index (χ4v) is 1.96. The van der Waals surface area contributed by atoms with Gasteiger partial charge in [-0.15, -0.1) is 0 Å². The minimum Gasteiger partial charge on any atom is -0.481 e. The Morgan fingerprint density at radius 1 is 1.14 bits per heavy atom. The van der Waals surface area contributed by atoms with Gasteiger partial charge in [0, 0.05) is 17.3 Å². The average molecular weight is 281 g/mol. The van der Waals surface area contributed by atoms with E-state index in [-0.39, 0.29) is 0 Å². The number of hydrogen-bond acceptors (Lipinski definition) is 5. The van der Waals surface area contributed by atoms with Gasteiger partial charge in [0.05, 0.1) is 19.3 Å². The molecule has 2 heterocycles. The molecule has 0 spiro atoms. The van der Waals surface area contributed by atoms with Crippen molar-refractivity contribution in [1.82, 2.24) is 19.7 Å². The van der Waals surface area contributed by atoms with E-state index in [1.54, 1.807) is 18.1 Å². The normalized spacial score (nSPS) is 10.5. The second-order valence-corrected chi connectivity index (χ2v) is 4.56.